The third-order valence-electron chi connectivity index (χ3n) is 5.35. The first-order chi connectivity index (χ1) is 15.1. The lowest BCUT2D eigenvalue weighted by molar-refractivity contribution is 0.0993. The highest BCUT2D eigenvalue weighted by atomic mass is 35.5. The number of para-hydroxylation sites is 1. The number of nitrogens with zero attached hydrogens (tertiary/aromatic N) is 1. The van der Waals surface area contributed by atoms with Gasteiger partial charge in [0.1, 0.15) is 5.76 Å². The summed E-state index contributed by atoms with van der Waals surface area (Å²) in [7, 11) is 0. The lowest BCUT2D eigenvalue weighted by Crippen LogP contribution is -2.27. The Morgan fingerprint density at radius 2 is 1.72 bits per heavy atom. The van der Waals surface area contributed by atoms with Crippen LogP contribution in [0.1, 0.15) is 47.7 Å². The van der Waals surface area contributed by atoms with Crippen molar-refractivity contribution in [3.05, 3.63) is 80.2 Å². The van der Waals surface area contributed by atoms with Crippen LogP contribution in [-0.2, 0) is 6.42 Å². The topological polar surface area (TPSA) is 66.6 Å². The van der Waals surface area contributed by atoms with E-state index in [1.807, 2.05) is 37.3 Å². The molecule has 3 aromatic rings. The van der Waals surface area contributed by atoms with Crippen molar-refractivity contribution in [2.45, 2.75) is 33.6 Å². The van der Waals surface area contributed by atoms with Gasteiger partial charge in [-0.1, -0.05) is 66.8 Å². The minimum atomic E-state index is -0.412. The summed E-state index contributed by atoms with van der Waals surface area (Å²) < 4.78 is 6.06. The summed E-state index contributed by atoms with van der Waals surface area (Å²) in [5.41, 5.74) is 6.77. The standard InChI is InChI=1S/C24H22Cl3N3O2/c1-13-21-19(30-29-14-7-5-4-6-8-14)11-24(2,3)12-20(21)32-22(13)23(31)28-18-10-16(26)15(25)9-17(18)27/h4-10,29H,11-12H2,1-3H3,(H,28,31)/b30-19-. The molecule has 4 rings (SSSR count). The van der Waals surface area contributed by atoms with Crippen LogP contribution in [0, 0.1) is 12.3 Å². The first-order valence-electron chi connectivity index (χ1n) is 10.1. The van der Waals surface area contributed by atoms with Crippen LogP contribution in [0.3, 0.4) is 0 Å². The van der Waals surface area contributed by atoms with Crippen molar-refractivity contribution in [2.75, 3.05) is 10.7 Å². The fraction of sp³-hybridized carbons (Fsp3) is 0.250. The van der Waals surface area contributed by atoms with E-state index in [1.165, 1.54) is 12.1 Å². The van der Waals surface area contributed by atoms with Gasteiger partial charge >= 0.3 is 0 Å². The van der Waals surface area contributed by atoms with Crippen molar-refractivity contribution in [1.29, 1.82) is 0 Å². The van der Waals surface area contributed by atoms with E-state index in [0.717, 1.165) is 34.7 Å². The number of hydrogen-bond donors (Lipinski definition) is 2. The van der Waals surface area contributed by atoms with Crippen molar-refractivity contribution >= 4 is 57.8 Å². The Hall–Kier alpha value is -2.47. The lowest BCUT2D eigenvalue weighted by Gasteiger charge is -2.29. The SMILES string of the molecule is Cc1c(C(=O)Nc2cc(Cl)c(Cl)cc2Cl)oc2c1/C(=N\Nc1ccccc1)CC(C)(C)C2. The molecule has 1 aliphatic carbocycles. The number of anilines is 2. The van der Waals surface area contributed by atoms with Gasteiger partial charge in [0.25, 0.3) is 5.91 Å². The Kier molecular flexibility index (Phi) is 6.26. The number of carbonyl (C=O) groups excluding carboxylic acids is 1. The molecule has 1 amide bonds. The van der Waals surface area contributed by atoms with Crippen molar-refractivity contribution in [2.24, 2.45) is 10.5 Å². The zero-order valence-electron chi connectivity index (χ0n) is 17.9. The molecular weight excluding hydrogens is 469 g/mol. The fourth-order valence-electron chi connectivity index (χ4n) is 3.87. The number of hydrazone groups is 1. The van der Waals surface area contributed by atoms with E-state index in [0.29, 0.717) is 22.2 Å². The van der Waals surface area contributed by atoms with Gasteiger partial charge in [0.05, 0.1) is 32.2 Å². The van der Waals surface area contributed by atoms with E-state index < -0.39 is 5.91 Å². The molecule has 32 heavy (non-hydrogen) atoms. The number of benzene rings is 2. The molecule has 0 aliphatic heterocycles. The van der Waals surface area contributed by atoms with E-state index in [-0.39, 0.29) is 16.2 Å². The van der Waals surface area contributed by atoms with Crippen LogP contribution >= 0.6 is 34.8 Å². The molecule has 5 nitrogen and oxygen atoms in total. The highest BCUT2D eigenvalue weighted by Gasteiger charge is 2.36. The normalized spacial score (nSPS) is 16.0. The highest BCUT2D eigenvalue weighted by Crippen LogP contribution is 2.39. The maximum absolute atomic E-state index is 13.1. The van der Waals surface area contributed by atoms with Crippen molar-refractivity contribution in [3.63, 3.8) is 0 Å². The summed E-state index contributed by atoms with van der Waals surface area (Å²) >= 11 is 18.3. The molecular formula is C24H22Cl3N3O2. The largest absolute Gasteiger partial charge is 0.455 e. The molecule has 1 heterocycles. The highest BCUT2D eigenvalue weighted by molar-refractivity contribution is 6.44. The molecule has 0 atom stereocenters. The summed E-state index contributed by atoms with van der Waals surface area (Å²) in [4.78, 5) is 13.1. The second-order valence-electron chi connectivity index (χ2n) is 8.61. The second-order valence-corrected chi connectivity index (χ2v) is 9.83. The first-order valence-corrected chi connectivity index (χ1v) is 11.2. The molecule has 2 N–H and O–H groups in total. The average Bonchev–Trinajstić information content (AvgIpc) is 3.06. The molecule has 0 radical (unpaired) electrons. The predicted molar refractivity (Wildman–Crippen MR) is 132 cm³/mol. The summed E-state index contributed by atoms with van der Waals surface area (Å²) in [6.07, 6.45) is 1.45. The van der Waals surface area contributed by atoms with Crippen LogP contribution < -0.4 is 10.7 Å². The van der Waals surface area contributed by atoms with Crippen LogP contribution in [0.15, 0.2) is 52.0 Å². The fourth-order valence-corrected chi connectivity index (χ4v) is 4.46. The average molecular weight is 491 g/mol. The number of halogens is 3. The maximum Gasteiger partial charge on any atom is 0.291 e. The van der Waals surface area contributed by atoms with Crippen LogP contribution in [0.5, 0.6) is 0 Å². The number of amides is 1. The maximum atomic E-state index is 13.1. The van der Waals surface area contributed by atoms with E-state index in [2.05, 4.69) is 29.7 Å². The third-order valence-corrected chi connectivity index (χ3v) is 6.39. The van der Waals surface area contributed by atoms with Gasteiger partial charge in [-0.3, -0.25) is 10.2 Å². The molecule has 0 saturated heterocycles. The molecule has 0 saturated carbocycles. The van der Waals surface area contributed by atoms with Gasteiger partial charge < -0.3 is 9.73 Å². The van der Waals surface area contributed by atoms with Gasteiger partial charge in [0.2, 0.25) is 0 Å². The first kappa shape index (κ1) is 22.7. The third kappa shape index (κ3) is 4.65. The molecule has 166 valence electrons. The molecule has 0 unspecified atom stereocenters. The van der Waals surface area contributed by atoms with Crippen LogP contribution in [0.25, 0.3) is 0 Å². The van der Waals surface area contributed by atoms with E-state index in [4.69, 9.17) is 39.2 Å². The van der Waals surface area contributed by atoms with Gasteiger partial charge in [-0.2, -0.15) is 5.10 Å². The molecule has 0 bridgehead atoms. The molecule has 8 heteroatoms. The Balaban J connectivity index is 1.68. The van der Waals surface area contributed by atoms with Crippen LogP contribution in [-0.4, -0.2) is 11.6 Å². The summed E-state index contributed by atoms with van der Waals surface area (Å²) in [6, 6.07) is 12.7. The van der Waals surface area contributed by atoms with Crippen LogP contribution in [0.4, 0.5) is 11.4 Å². The van der Waals surface area contributed by atoms with E-state index >= 15 is 0 Å². The number of rotatable bonds is 4. The van der Waals surface area contributed by atoms with Crippen molar-refractivity contribution in [1.82, 2.24) is 0 Å². The van der Waals surface area contributed by atoms with Gasteiger partial charge in [-0.25, -0.2) is 0 Å². The van der Waals surface area contributed by atoms with Crippen molar-refractivity contribution < 1.29 is 9.21 Å². The van der Waals surface area contributed by atoms with Gasteiger partial charge in [-0.15, -0.1) is 0 Å². The predicted octanol–water partition coefficient (Wildman–Crippen LogP) is 7.59. The second kappa shape index (κ2) is 8.81. The molecule has 1 aromatic heterocycles. The Morgan fingerprint density at radius 1 is 1.03 bits per heavy atom. The monoisotopic (exact) mass is 489 g/mol. The minimum absolute atomic E-state index is 0.0603. The Bertz CT molecular complexity index is 1220. The molecule has 2 aromatic carbocycles. The lowest BCUT2D eigenvalue weighted by atomic mass is 9.75. The molecule has 0 spiro atoms. The van der Waals surface area contributed by atoms with E-state index in [9.17, 15) is 4.79 Å². The quantitative estimate of drug-likeness (QED) is 0.292. The smallest absolute Gasteiger partial charge is 0.291 e. The van der Waals surface area contributed by atoms with E-state index in [1.54, 1.807) is 0 Å². The Labute approximate surface area is 201 Å². The number of fused-ring (bicyclic) bond motifs is 1. The molecule has 1 aliphatic rings. The number of nitrogens with one attached hydrogen (secondary N) is 2. The summed E-state index contributed by atoms with van der Waals surface area (Å²) in [5.74, 6) is 0.561. The minimum Gasteiger partial charge on any atom is -0.455 e. The zero-order chi connectivity index (χ0) is 23.0. The van der Waals surface area contributed by atoms with Crippen molar-refractivity contribution in [3.8, 4) is 0 Å². The summed E-state index contributed by atoms with van der Waals surface area (Å²) in [6.45, 7) is 6.17. The van der Waals surface area contributed by atoms with Crippen LogP contribution in [0.2, 0.25) is 15.1 Å². The van der Waals surface area contributed by atoms with Gasteiger partial charge in [0, 0.05) is 17.5 Å². The van der Waals surface area contributed by atoms with Gasteiger partial charge in [0.15, 0.2) is 5.76 Å². The number of carbonyl (C=O) groups is 1. The number of hydrogen-bond acceptors (Lipinski definition) is 4. The van der Waals surface area contributed by atoms with Gasteiger partial charge in [-0.05, 0) is 43.0 Å². The molecule has 0 fully saturated rings. The number of furan rings is 1. The zero-order valence-corrected chi connectivity index (χ0v) is 20.1. The summed E-state index contributed by atoms with van der Waals surface area (Å²) in [5, 5.41) is 8.34. The Morgan fingerprint density at radius 3 is 2.44 bits per heavy atom.